The molecule has 0 amide bonds. The van der Waals surface area contributed by atoms with E-state index in [0.29, 0.717) is 0 Å². The van der Waals surface area contributed by atoms with Gasteiger partial charge in [-0.15, -0.1) is 0 Å². The summed E-state index contributed by atoms with van der Waals surface area (Å²) in [6.07, 6.45) is 8.22. The van der Waals surface area contributed by atoms with Crippen LogP contribution in [0.25, 0.3) is 0 Å². The zero-order valence-electron chi connectivity index (χ0n) is 11.1. The van der Waals surface area contributed by atoms with Gasteiger partial charge in [0, 0.05) is 13.2 Å². The van der Waals surface area contributed by atoms with E-state index in [-0.39, 0.29) is 0 Å². The Bertz CT molecular complexity index is 161. The molecule has 2 heteroatoms. The summed E-state index contributed by atoms with van der Waals surface area (Å²) in [6, 6.07) is 0. The highest BCUT2D eigenvalue weighted by molar-refractivity contribution is 4.72. The van der Waals surface area contributed by atoms with E-state index in [0.717, 1.165) is 31.6 Å². The molecule has 0 spiro atoms. The number of ether oxygens (including phenoxy) is 1. The van der Waals surface area contributed by atoms with Gasteiger partial charge < -0.3 is 10.1 Å². The third-order valence-corrected chi connectivity index (χ3v) is 3.57. The highest BCUT2D eigenvalue weighted by Crippen LogP contribution is 2.27. The van der Waals surface area contributed by atoms with E-state index in [4.69, 9.17) is 4.74 Å². The molecule has 0 aromatic carbocycles. The smallest absolute Gasteiger partial charge is 0.0466 e. The summed E-state index contributed by atoms with van der Waals surface area (Å²) < 4.78 is 5.32. The van der Waals surface area contributed by atoms with Crippen LogP contribution in [0.5, 0.6) is 0 Å². The molecule has 1 fully saturated rings. The van der Waals surface area contributed by atoms with E-state index in [1.165, 1.54) is 45.1 Å². The summed E-state index contributed by atoms with van der Waals surface area (Å²) in [7, 11) is 0. The summed E-state index contributed by atoms with van der Waals surface area (Å²) in [5.74, 6) is 1.90. The molecule has 0 aromatic rings. The molecule has 0 radical (unpaired) electrons. The molecule has 2 unspecified atom stereocenters. The highest BCUT2D eigenvalue weighted by atomic mass is 16.5. The van der Waals surface area contributed by atoms with Crippen molar-refractivity contribution in [2.45, 2.75) is 52.4 Å². The van der Waals surface area contributed by atoms with Crippen LogP contribution in [0.4, 0.5) is 0 Å². The first-order valence-electron chi connectivity index (χ1n) is 7.11. The summed E-state index contributed by atoms with van der Waals surface area (Å²) >= 11 is 0. The lowest BCUT2D eigenvalue weighted by molar-refractivity contribution is 0.143. The molecule has 1 saturated carbocycles. The van der Waals surface area contributed by atoms with Crippen LogP contribution in [0.2, 0.25) is 0 Å². The fourth-order valence-corrected chi connectivity index (χ4v) is 2.65. The predicted molar refractivity (Wildman–Crippen MR) is 69.7 cm³/mol. The van der Waals surface area contributed by atoms with Crippen LogP contribution in [-0.4, -0.2) is 26.3 Å². The van der Waals surface area contributed by atoms with Crippen LogP contribution in [0.1, 0.15) is 52.4 Å². The van der Waals surface area contributed by atoms with Crippen molar-refractivity contribution in [2.75, 3.05) is 26.3 Å². The van der Waals surface area contributed by atoms with Gasteiger partial charge in [-0.05, 0) is 57.5 Å². The van der Waals surface area contributed by atoms with Crippen LogP contribution in [0.3, 0.4) is 0 Å². The average molecular weight is 227 g/mol. The molecule has 1 aliphatic carbocycles. The van der Waals surface area contributed by atoms with Crippen molar-refractivity contribution in [2.24, 2.45) is 11.8 Å². The summed E-state index contributed by atoms with van der Waals surface area (Å²) in [6.45, 7) is 8.64. The number of nitrogens with one attached hydrogen (secondary N) is 1. The molecular formula is C14H29NO. The second-order valence-electron chi connectivity index (χ2n) is 5.25. The number of hydrogen-bond acceptors (Lipinski definition) is 2. The van der Waals surface area contributed by atoms with Crippen LogP contribution < -0.4 is 5.32 Å². The fraction of sp³-hybridized carbons (Fsp3) is 1.00. The topological polar surface area (TPSA) is 21.3 Å². The van der Waals surface area contributed by atoms with Gasteiger partial charge in [0.15, 0.2) is 0 Å². The molecule has 16 heavy (non-hydrogen) atoms. The van der Waals surface area contributed by atoms with Gasteiger partial charge in [0.1, 0.15) is 0 Å². The van der Waals surface area contributed by atoms with Crippen molar-refractivity contribution < 1.29 is 4.74 Å². The highest BCUT2D eigenvalue weighted by Gasteiger charge is 2.17. The molecule has 2 atom stereocenters. The van der Waals surface area contributed by atoms with Gasteiger partial charge in [-0.3, -0.25) is 0 Å². The zero-order valence-corrected chi connectivity index (χ0v) is 11.1. The third-order valence-electron chi connectivity index (χ3n) is 3.57. The lowest BCUT2D eigenvalue weighted by Crippen LogP contribution is -2.27. The quantitative estimate of drug-likeness (QED) is 0.643. The van der Waals surface area contributed by atoms with Gasteiger partial charge in [-0.2, -0.15) is 0 Å². The van der Waals surface area contributed by atoms with Crippen molar-refractivity contribution in [1.29, 1.82) is 0 Å². The normalized spacial score (nSPS) is 25.9. The molecule has 96 valence electrons. The monoisotopic (exact) mass is 227 g/mol. The van der Waals surface area contributed by atoms with E-state index in [1.54, 1.807) is 0 Å². The molecule has 0 aliphatic heterocycles. The van der Waals surface area contributed by atoms with Gasteiger partial charge in [0.25, 0.3) is 0 Å². The first-order valence-corrected chi connectivity index (χ1v) is 7.11. The maximum atomic E-state index is 5.32. The Kier molecular flexibility index (Phi) is 7.87. The lowest BCUT2D eigenvalue weighted by Gasteiger charge is -2.26. The minimum atomic E-state index is 0.855. The SMILES string of the molecule is CCOCCCCNCC1CCCC(C)C1. The maximum absolute atomic E-state index is 5.32. The van der Waals surface area contributed by atoms with Crippen molar-refractivity contribution in [1.82, 2.24) is 5.32 Å². The van der Waals surface area contributed by atoms with Gasteiger partial charge in [-0.1, -0.05) is 19.8 Å². The number of rotatable bonds is 8. The minimum absolute atomic E-state index is 0.855. The van der Waals surface area contributed by atoms with Crippen molar-refractivity contribution >= 4 is 0 Å². The zero-order chi connectivity index (χ0) is 11.6. The Hall–Kier alpha value is -0.0800. The minimum Gasteiger partial charge on any atom is -0.382 e. The Morgan fingerprint density at radius 2 is 2.12 bits per heavy atom. The van der Waals surface area contributed by atoms with Crippen LogP contribution in [0, 0.1) is 11.8 Å². The Balaban J connectivity index is 1.86. The summed E-state index contributed by atoms with van der Waals surface area (Å²) in [5.41, 5.74) is 0. The van der Waals surface area contributed by atoms with Crippen molar-refractivity contribution in [3.8, 4) is 0 Å². The van der Waals surface area contributed by atoms with E-state index in [2.05, 4.69) is 19.2 Å². The van der Waals surface area contributed by atoms with Crippen LogP contribution in [-0.2, 0) is 4.74 Å². The fourth-order valence-electron chi connectivity index (χ4n) is 2.65. The summed E-state index contributed by atoms with van der Waals surface area (Å²) in [4.78, 5) is 0. The molecule has 1 N–H and O–H groups in total. The average Bonchev–Trinajstić information content (AvgIpc) is 2.28. The second kappa shape index (κ2) is 9.00. The largest absolute Gasteiger partial charge is 0.382 e. The molecule has 1 rings (SSSR count). The van der Waals surface area contributed by atoms with Gasteiger partial charge >= 0.3 is 0 Å². The molecule has 0 bridgehead atoms. The first-order chi connectivity index (χ1) is 7.83. The van der Waals surface area contributed by atoms with E-state index in [1.807, 2.05) is 0 Å². The first kappa shape index (κ1) is 14.0. The standard InChI is InChI=1S/C14H29NO/c1-3-16-10-5-4-9-15-12-14-8-6-7-13(2)11-14/h13-15H,3-12H2,1-2H3. The molecule has 0 heterocycles. The molecule has 0 saturated heterocycles. The van der Waals surface area contributed by atoms with Crippen LogP contribution in [0.15, 0.2) is 0 Å². The predicted octanol–water partition coefficient (Wildman–Crippen LogP) is 3.22. The molecule has 1 aliphatic rings. The Morgan fingerprint density at radius 1 is 1.25 bits per heavy atom. The van der Waals surface area contributed by atoms with Gasteiger partial charge in [-0.25, -0.2) is 0 Å². The number of unbranched alkanes of at least 4 members (excludes halogenated alkanes) is 1. The summed E-state index contributed by atoms with van der Waals surface area (Å²) in [5, 5.41) is 3.60. The lowest BCUT2D eigenvalue weighted by atomic mass is 9.82. The van der Waals surface area contributed by atoms with Crippen molar-refractivity contribution in [3.05, 3.63) is 0 Å². The molecule has 0 aromatic heterocycles. The van der Waals surface area contributed by atoms with E-state index >= 15 is 0 Å². The van der Waals surface area contributed by atoms with E-state index in [9.17, 15) is 0 Å². The third kappa shape index (κ3) is 6.49. The molecule has 2 nitrogen and oxygen atoms in total. The van der Waals surface area contributed by atoms with E-state index < -0.39 is 0 Å². The van der Waals surface area contributed by atoms with Crippen LogP contribution >= 0.6 is 0 Å². The van der Waals surface area contributed by atoms with Crippen molar-refractivity contribution in [3.63, 3.8) is 0 Å². The molecular weight excluding hydrogens is 198 g/mol. The van der Waals surface area contributed by atoms with Gasteiger partial charge in [0.05, 0.1) is 0 Å². The van der Waals surface area contributed by atoms with Gasteiger partial charge in [0.2, 0.25) is 0 Å². The maximum Gasteiger partial charge on any atom is 0.0466 e. The Labute approximate surface area is 101 Å². The second-order valence-corrected chi connectivity index (χ2v) is 5.25. The Morgan fingerprint density at radius 3 is 2.88 bits per heavy atom. The number of hydrogen-bond donors (Lipinski definition) is 1.